The van der Waals surface area contributed by atoms with Crippen molar-refractivity contribution in [1.29, 1.82) is 0 Å². The minimum atomic E-state index is 0.773. The summed E-state index contributed by atoms with van der Waals surface area (Å²) in [7, 11) is 1.66. The lowest BCUT2D eigenvalue weighted by atomic mass is 10.1. The number of anilines is 1. The second-order valence-electron chi connectivity index (χ2n) is 7.02. The predicted molar refractivity (Wildman–Crippen MR) is 123 cm³/mol. The van der Waals surface area contributed by atoms with Crippen LogP contribution in [0.4, 0.5) is 11.4 Å². The first kappa shape index (κ1) is 19.8. The molecule has 0 saturated heterocycles. The first-order chi connectivity index (χ1) is 14.7. The van der Waals surface area contributed by atoms with Gasteiger partial charge in [0.25, 0.3) is 0 Å². The number of ether oxygens (including phenoxy) is 1. The third-order valence-electron chi connectivity index (χ3n) is 5.25. The van der Waals surface area contributed by atoms with Gasteiger partial charge in [-0.05, 0) is 74.5 Å². The average molecular weight is 399 g/mol. The normalized spacial score (nSPS) is 11.6. The van der Waals surface area contributed by atoms with Gasteiger partial charge in [-0.3, -0.25) is 0 Å². The van der Waals surface area contributed by atoms with Crippen molar-refractivity contribution in [3.63, 3.8) is 0 Å². The molecule has 4 aromatic rings. The summed E-state index contributed by atoms with van der Waals surface area (Å²) in [4.78, 5) is 7.26. The quantitative estimate of drug-likeness (QED) is 0.389. The van der Waals surface area contributed by atoms with Gasteiger partial charge in [0.1, 0.15) is 17.1 Å². The summed E-state index contributed by atoms with van der Waals surface area (Å²) in [5.41, 5.74) is 3.92. The van der Waals surface area contributed by atoms with Crippen molar-refractivity contribution < 1.29 is 9.15 Å². The van der Waals surface area contributed by atoms with Crippen molar-refractivity contribution in [2.24, 2.45) is 4.99 Å². The highest BCUT2D eigenvalue weighted by molar-refractivity contribution is 5.78. The molecule has 1 aromatic heterocycles. The number of hydrogen-bond donors (Lipinski definition) is 0. The van der Waals surface area contributed by atoms with Crippen LogP contribution >= 0.6 is 0 Å². The zero-order valence-electron chi connectivity index (χ0n) is 17.6. The van der Waals surface area contributed by atoms with Crippen molar-refractivity contribution in [2.75, 3.05) is 25.1 Å². The molecule has 152 valence electrons. The Balaban J connectivity index is 1.81. The van der Waals surface area contributed by atoms with Crippen LogP contribution in [-0.4, -0.2) is 20.2 Å². The van der Waals surface area contributed by atoms with Crippen molar-refractivity contribution >= 4 is 22.3 Å². The number of benzene rings is 3. The van der Waals surface area contributed by atoms with Crippen LogP contribution in [-0.2, 0) is 0 Å². The van der Waals surface area contributed by atoms with Gasteiger partial charge in [0.2, 0.25) is 0 Å². The number of hydrogen-bond acceptors (Lipinski definition) is 4. The Morgan fingerprint density at radius 1 is 0.867 bits per heavy atom. The summed E-state index contributed by atoms with van der Waals surface area (Å²) < 4.78 is 11.4. The molecular formula is C26H26N2O2. The molecule has 4 heteroatoms. The molecule has 0 radical (unpaired) electrons. The molecule has 3 aromatic carbocycles. The molecule has 0 aliphatic rings. The van der Waals surface area contributed by atoms with Gasteiger partial charge in [0.15, 0.2) is 0 Å². The second-order valence-corrected chi connectivity index (χ2v) is 7.02. The van der Waals surface area contributed by atoms with Crippen molar-refractivity contribution in [1.82, 2.24) is 0 Å². The fourth-order valence-corrected chi connectivity index (χ4v) is 3.57. The number of nitrogens with zero attached hydrogens (tertiary/aromatic N) is 2. The van der Waals surface area contributed by atoms with E-state index in [-0.39, 0.29) is 0 Å². The molecule has 0 bridgehead atoms. The lowest BCUT2D eigenvalue weighted by molar-refractivity contribution is 0.415. The third-order valence-corrected chi connectivity index (χ3v) is 5.25. The summed E-state index contributed by atoms with van der Waals surface area (Å²) >= 11 is 0. The van der Waals surface area contributed by atoms with Crippen LogP contribution in [0.25, 0.3) is 22.3 Å². The zero-order chi connectivity index (χ0) is 20.9. The van der Waals surface area contributed by atoms with Crippen LogP contribution in [0.3, 0.4) is 0 Å². The van der Waals surface area contributed by atoms with Crippen molar-refractivity contribution in [2.45, 2.75) is 13.8 Å². The summed E-state index contributed by atoms with van der Waals surface area (Å²) in [6, 6.07) is 26.3. The first-order valence-corrected chi connectivity index (χ1v) is 10.3. The van der Waals surface area contributed by atoms with E-state index in [9.17, 15) is 0 Å². The second kappa shape index (κ2) is 8.87. The van der Waals surface area contributed by atoms with E-state index >= 15 is 0 Å². The molecule has 1 heterocycles. The zero-order valence-corrected chi connectivity index (χ0v) is 17.6. The maximum Gasteiger partial charge on any atom is 0.136 e. The van der Waals surface area contributed by atoms with E-state index < -0.39 is 0 Å². The van der Waals surface area contributed by atoms with Gasteiger partial charge in [-0.2, -0.15) is 0 Å². The van der Waals surface area contributed by atoms with Gasteiger partial charge >= 0.3 is 0 Å². The van der Waals surface area contributed by atoms with Crippen LogP contribution in [0.1, 0.15) is 13.8 Å². The Morgan fingerprint density at radius 3 is 2.23 bits per heavy atom. The summed E-state index contributed by atoms with van der Waals surface area (Å²) in [6.45, 7) is 6.32. The highest BCUT2D eigenvalue weighted by Gasteiger charge is 2.07. The Morgan fingerprint density at radius 2 is 1.57 bits per heavy atom. The largest absolute Gasteiger partial charge is 0.497 e. The molecule has 0 unspecified atom stereocenters. The molecule has 30 heavy (non-hydrogen) atoms. The van der Waals surface area contributed by atoms with E-state index in [0.29, 0.717) is 0 Å². The number of para-hydroxylation sites is 1. The topological polar surface area (TPSA) is 38.0 Å². The molecule has 4 nitrogen and oxygen atoms in total. The number of methoxy groups -OCH3 is 1. The molecule has 0 aliphatic carbocycles. The SMILES string of the molecule is CCN(CC)c1ccc(N=c2cc(-c3ccc(OC)cc3)oc3ccccc23)cc1. The van der Waals surface area contributed by atoms with Crippen LogP contribution in [0.2, 0.25) is 0 Å². The van der Waals surface area contributed by atoms with Gasteiger partial charge in [0.05, 0.1) is 18.2 Å². The lowest BCUT2D eigenvalue weighted by Gasteiger charge is -2.20. The van der Waals surface area contributed by atoms with Gasteiger partial charge in [-0.1, -0.05) is 12.1 Å². The highest BCUT2D eigenvalue weighted by atomic mass is 16.5. The molecule has 0 saturated carbocycles. The molecule has 0 N–H and O–H groups in total. The number of rotatable bonds is 6. The van der Waals surface area contributed by atoms with Crippen LogP contribution in [0.5, 0.6) is 5.75 Å². The number of fused-ring (bicyclic) bond motifs is 1. The monoisotopic (exact) mass is 398 g/mol. The molecule has 0 amide bonds. The molecule has 0 spiro atoms. The van der Waals surface area contributed by atoms with Gasteiger partial charge in [-0.25, -0.2) is 4.99 Å². The molecule has 0 aliphatic heterocycles. The van der Waals surface area contributed by atoms with Gasteiger partial charge in [0, 0.05) is 35.8 Å². The Kier molecular flexibility index (Phi) is 5.84. The highest BCUT2D eigenvalue weighted by Crippen LogP contribution is 2.25. The Bertz CT molecular complexity index is 1190. The minimum absolute atomic E-state index is 0.773. The van der Waals surface area contributed by atoms with Crippen molar-refractivity contribution in [3.05, 3.63) is 84.2 Å². The maximum atomic E-state index is 6.17. The van der Waals surface area contributed by atoms with E-state index in [2.05, 4.69) is 43.0 Å². The van der Waals surface area contributed by atoms with E-state index in [4.69, 9.17) is 14.1 Å². The van der Waals surface area contributed by atoms with Gasteiger partial charge in [-0.15, -0.1) is 0 Å². The van der Waals surface area contributed by atoms with Crippen LogP contribution in [0, 0.1) is 0 Å². The summed E-state index contributed by atoms with van der Waals surface area (Å²) in [5, 5.41) is 1.88. The fourth-order valence-electron chi connectivity index (χ4n) is 3.57. The van der Waals surface area contributed by atoms with E-state index in [1.54, 1.807) is 7.11 Å². The Labute approximate surface area is 177 Å². The van der Waals surface area contributed by atoms with Crippen molar-refractivity contribution in [3.8, 4) is 17.1 Å². The molecule has 0 atom stereocenters. The molecule has 0 fully saturated rings. The van der Waals surface area contributed by atoms with E-state index in [1.165, 1.54) is 5.69 Å². The fraction of sp³-hybridized carbons (Fsp3) is 0.192. The maximum absolute atomic E-state index is 6.17. The third kappa shape index (κ3) is 4.08. The molecule has 4 rings (SSSR count). The van der Waals surface area contributed by atoms with E-state index in [1.807, 2.05) is 54.6 Å². The summed E-state index contributed by atoms with van der Waals surface area (Å²) in [5.74, 6) is 1.59. The lowest BCUT2D eigenvalue weighted by Crippen LogP contribution is -2.21. The van der Waals surface area contributed by atoms with E-state index in [0.717, 1.165) is 52.2 Å². The smallest absolute Gasteiger partial charge is 0.136 e. The predicted octanol–water partition coefficient (Wildman–Crippen LogP) is 6.19. The van der Waals surface area contributed by atoms with Gasteiger partial charge < -0.3 is 14.1 Å². The average Bonchev–Trinajstić information content (AvgIpc) is 2.81. The van der Waals surface area contributed by atoms with Crippen LogP contribution < -0.4 is 15.0 Å². The minimum Gasteiger partial charge on any atom is -0.497 e. The standard InChI is InChI=1S/C26H26N2O2/c1-4-28(5-2)21-14-12-20(13-15-21)27-24-18-26(19-10-16-22(29-3)17-11-19)30-25-9-7-6-8-23(24)25/h6-18H,4-5H2,1-3H3. The first-order valence-electron chi connectivity index (χ1n) is 10.3. The molecular weight excluding hydrogens is 372 g/mol. The Hall–Kier alpha value is -3.53. The van der Waals surface area contributed by atoms with Crippen LogP contribution in [0.15, 0.2) is 88.3 Å². The summed E-state index contributed by atoms with van der Waals surface area (Å²) in [6.07, 6.45) is 0.